The summed E-state index contributed by atoms with van der Waals surface area (Å²) in [6.07, 6.45) is 8.91. The van der Waals surface area contributed by atoms with Crippen molar-refractivity contribution in [2.75, 3.05) is 0 Å². The van der Waals surface area contributed by atoms with Crippen LogP contribution in [-0.2, 0) is 0 Å². The van der Waals surface area contributed by atoms with Crippen LogP contribution in [0.15, 0.2) is 54.6 Å². The molecule has 0 bridgehead atoms. The fourth-order valence-electron chi connectivity index (χ4n) is 3.63. The summed E-state index contributed by atoms with van der Waals surface area (Å²) in [5.74, 6) is 2.05. The Balaban J connectivity index is 1.67. The van der Waals surface area contributed by atoms with Gasteiger partial charge in [-0.25, -0.2) is 0 Å². The van der Waals surface area contributed by atoms with E-state index in [0.717, 1.165) is 17.4 Å². The van der Waals surface area contributed by atoms with Crippen LogP contribution in [0.1, 0.15) is 51.5 Å². The number of hydrogen-bond acceptors (Lipinski definition) is 1. The van der Waals surface area contributed by atoms with Gasteiger partial charge in [-0.05, 0) is 71.9 Å². The normalized spacial score (nSPS) is 18.9. The van der Waals surface area contributed by atoms with Gasteiger partial charge < -0.3 is 5.11 Å². The molecule has 0 saturated heterocycles. The van der Waals surface area contributed by atoms with Crippen molar-refractivity contribution in [1.29, 1.82) is 0 Å². The van der Waals surface area contributed by atoms with Crippen molar-refractivity contribution in [3.05, 3.63) is 60.2 Å². The minimum Gasteiger partial charge on any atom is -0.508 e. The molecule has 1 nitrogen and oxygen atoms in total. The summed E-state index contributed by atoms with van der Waals surface area (Å²) in [4.78, 5) is 0. The monoisotopic (exact) mass is 320 g/mol. The highest BCUT2D eigenvalue weighted by Gasteiger charge is 2.17. The SMILES string of the molecule is CCC(C)CC1CC=C(c2ccc(-c3ccc(O)cc3)cc2)CC1. The lowest BCUT2D eigenvalue weighted by molar-refractivity contribution is 0.362. The van der Waals surface area contributed by atoms with Crippen molar-refractivity contribution < 1.29 is 5.11 Å². The third-order valence-corrected chi connectivity index (χ3v) is 5.41. The Hall–Kier alpha value is -2.02. The van der Waals surface area contributed by atoms with E-state index in [2.05, 4.69) is 44.2 Å². The number of aromatic hydroxyl groups is 1. The van der Waals surface area contributed by atoms with Gasteiger partial charge in [0.1, 0.15) is 5.75 Å². The number of phenolic OH excluding ortho intramolecular Hbond substituents is 1. The minimum atomic E-state index is 0.315. The van der Waals surface area contributed by atoms with Gasteiger partial charge in [0, 0.05) is 0 Å². The van der Waals surface area contributed by atoms with Crippen LogP contribution in [-0.4, -0.2) is 5.11 Å². The molecule has 0 saturated carbocycles. The molecule has 0 aliphatic heterocycles. The van der Waals surface area contributed by atoms with Gasteiger partial charge in [0.05, 0.1) is 0 Å². The lowest BCUT2D eigenvalue weighted by Crippen LogP contribution is -2.09. The van der Waals surface area contributed by atoms with Crippen molar-refractivity contribution in [1.82, 2.24) is 0 Å². The zero-order valence-electron chi connectivity index (χ0n) is 14.8. The third-order valence-electron chi connectivity index (χ3n) is 5.41. The summed E-state index contributed by atoms with van der Waals surface area (Å²) >= 11 is 0. The maximum Gasteiger partial charge on any atom is 0.115 e. The Kier molecular flexibility index (Phi) is 5.40. The van der Waals surface area contributed by atoms with E-state index in [0.29, 0.717) is 5.75 Å². The van der Waals surface area contributed by atoms with Gasteiger partial charge in [0.15, 0.2) is 0 Å². The van der Waals surface area contributed by atoms with Crippen molar-refractivity contribution in [2.45, 2.75) is 46.0 Å². The molecule has 1 aliphatic rings. The molecular formula is C23H28O. The first kappa shape index (κ1) is 16.8. The van der Waals surface area contributed by atoms with Gasteiger partial charge in [-0.3, -0.25) is 0 Å². The zero-order valence-corrected chi connectivity index (χ0v) is 14.8. The fourth-order valence-corrected chi connectivity index (χ4v) is 3.63. The molecule has 24 heavy (non-hydrogen) atoms. The average molecular weight is 320 g/mol. The second kappa shape index (κ2) is 7.70. The average Bonchev–Trinajstić information content (AvgIpc) is 2.63. The van der Waals surface area contributed by atoms with Gasteiger partial charge in [-0.1, -0.05) is 62.7 Å². The first-order chi connectivity index (χ1) is 11.7. The van der Waals surface area contributed by atoms with E-state index in [9.17, 15) is 5.11 Å². The van der Waals surface area contributed by atoms with Crippen LogP contribution < -0.4 is 0 Å². The molecule has 0 heterocycles. The van der Waals surface area contributed by atoms with E-state index in [1.807, 2.05) is 12.1 Å². The first-order valence-corrected chi connectivity index (χ1v) is 9.24. The molecule has 0 fully saturated rings. The molecule has 1 heteroatoms. The Morgan fingerprint density at radius 2 is 1.54 bits per heavy atom. The summed E-state index contributed by atoms with van der Waals surface area (Å²) in [5.41, 5.74) is 5.21. The standard InChI is InChI=1S/C23H28O/c1-3-17(2)16-18-4-6-19(7-5-18)20-8-10-21(11-9-20)22-12-14-23(24)15-13-22/h6,8-15,17-18,24H,3-5,7,16H2,1-2H3. The molecule has 0 radical (unpaired) electrons. The lowest BCUT2D eigenvalue weighted by atomic mass is 9.81. The van der Waals surface area contributed by atoms with E-state index >= 15 is 0 Å². The zero-order chi connectivity index (χ0) is 16.9. The Morgan fingerprint density at radius 3 is 2.08 bits per heavy atom. The number of allylic oxidation sites excluding steroid dienone is 2. The fraction of sp³-hybridized carbons (Fsp3) is 0.391. The molecule has 0 spiro atoms. The molecule has 2 atom stereocenters. The first-order valence-electron chi connectivity index (χ1n) is 9.24. The van der Waals surface area contributed by atoms with E-state index in [1.165, 1.54) is 48.8 Å². The minimum absolute atomic E-state index is 0.315. The highest BCUT2D eigenvalue weighted by molar-refractivity contribution is 5.71. The molecular weight excluding hydrogens is 292 g/mol. The van der Waals surface area contributed by atoms with Crippen molar-refractivity contribution in [3.8, 4) is 16.9 Å². The topological polar surface area (TPSA) is 20.2 Å². The van der Waals surface area contributed by atoms with E-state index in [4.69, 9.17) is 0 Å². The predicted molar refractivity (Wildman–Crippen MR) is 103 cm³/mol. The summed E-state index contributed by atoms with van der Waals surface area (Å²) in [5, 5.41) is 9.40. The van der Waals surface area contributed by atoms with Crippen molar-refractivity contribution >= 4 is 5.57 Å². The van der Waals surface area contributed by atoms with Crippen LogP contribution in [0, 0.1) is 11.8 Å². The van der Waals surface area contributed by atoms with Gasteiger partial charge in [-0.2, -0.15) is 0 Å². The van der Waals surface area contributed by atoms with E-state index < -0.39 is 0 Å². The third kappa shape index (κ3) is 4.08. The van der Waals surface area contributed by atoms with Gasteiger partial charge in [-0.15, -0.1) is 0 Å². The van der Waals surface area contributed by atoms with Crippen LogP contribution >= 0.6 is 0 Å². The summed E-state index contributed by atoms with van der Waals surface area (Å²) in [7, 11) is 0. The van der Waals surface area contributed by atoms with Gasteiger partial charge in [0.25, 0.3) is 0 Å². The van der Waals surface area contributed by atoms with Crippen LogP contribution in [0.25, 0.3) is 16.7 Å². The Bertz CT molecular complexity index is 679. The van der Waals surface area contributed by atoms with Gasteiger partial charge >= 0.3 is 0 Å². The Labute approximate surface area is 146 Å². The number of benzene rings is 2. The summed E-state index contributed by atoms with van der Waals surface area (Å²) < 4.78 is 0. The van der Waals surface area contributed by atoms with Crippen LogP contribution in [0.2, 0.25) is 0 Å². The van der Waals surface area contributed by atoms with Crippen molar-refractivity contribution in [3.63, 3.8) is 0 Å². The van der Waals surface area contributed by atoms with Crippen LogP contribution in [0.5, 0.6) is 5.75 Å². The maximum absolute atomic E-state index is 9.40. The smallest absolute Gasteiger partial charge is 0.115 e. The summed E-state index contributed by atoms with van der Waals surface area (Å²) in [6.45, 7) is 4.67. The van der Waals surface area contributed by atoms with Crippen molar-refractivity contribution in [2.24, 2.45) is 11.8 Å². The van der Waals surface area contributed by atoms with E-state index in [-0.39, 0.29) is 0 Å². The molecule has 0 amide bonds. The van der Waals surface area contributed by atoms with E-state index in [1.54, 1.807) is 12.1 Å². The highest BCUT2D eigenvalue weighted by atomic mass is 16.3. The molecule has 126 valence electrons. The molecule has 2 unspecified atom stereocenters. The predicted octanol–water partition coefficient (Wildman–Crippen LogP) is 6.68. The van der Waals surface area contributed by atoms with Crippen LogP contribution in [0.4, 0.5) is 0 Å². The lowest BCUT2D eigenvalue weighted by Gasteiger charge is -2.24. The van der Waals surface area contributed by atoms with Gasteiger partial charge in [0.2, 0.25) is 0 Å². The molecule has 2 aromatic rings. The maximum atomic E-state index is 9.40. The molecule has 2 aromatic carbocycles. The molecule has 3 rings (SSSR count). The Morgan fingerprint density at radius 1 is 0.958 bits per heavy atom. The number of rotatable bonds is 5. The molecule has 1 N–H and O–H groups in total. The molecule has 1 aliphatic carbocycles. The highest BCUT2D eigenvalue weighted by Crippen LogP contribution is 2.34. The molecule has 0 aromatic heterocycles. The largest absolute Gasteiger partial charge is 0.508 e. The summed E-state index contributed by atoms with van der Waals surface area (Å²) in [6, 6.07) is 16.3. The number of phenols is 1. The number of hydrogen-bond donors (Lipinski definition) is 1. The van der Waals surface area contributed by atoms with Crippen LogP contribution in [0.3, 0.4) is 0 Å². The second-order valence-electron chi connectivity index (χ2n) is 7.24. The quantitative estimate of drug-likeness (QED) is 0.651. The second-order valence-corrected chi connectivity index (χ2v) is 7.24.